The topological polar surface area (TPSA) is 26.3 Å². The molecule has 0 N–H and O–H groups in total. The molecule has 0 saturated heterocycles. The summed E-state index contributed by atoms with van der Waals surface area (Å²) in [5, 5.41) is 0. The number of hydrogen-bond acceptors (Lipinski definition) is 2. The Morgan fingerprint density at radius 2 is 2.15 bits per heavy atom. The molecular formula is C10H15ClO2. The molecule has 0 radical (unpaired) electrons. The van der Waals surface area contributed by atoms with Gasteiger partial charge in [0.05, 0.1) is 0 Å². The van der Waals surface area contributed by atoms with E-state index in [0.29, 0.717) is 11.3 Å². The van der Waals surface area contributed by atoms with Crippen LogP contribution in [-0.4, -0.2) is 11.5 Å². The Balaban J connectivity index is 2.09. The smallest absolute Gasteiger partial charge is 0.404 e. The molecule has 2 nitrogen and oxygen atoms in total. The van der Waals surface area contributed by atoms with Crippen LogP contribution in [0.1, 0.15) is 33.1 Å². The summed E-state index contributed by atoms with van der Waals surface area (Å²) in [6, 6.07) is 0. The highest BCUT2D eigenvalue weighted by molar-refractivity contribution is 6.61. The van der Waals surface area contributed by atoms with E-state index in [0.717, 1.165) is 12.3 Å². The van der Waals surface area contributed by atoms with Crippen LogP contribution in [0.25, 0.3) is 0 Å². The molecule has 0 aromatic rings. The van der Waals surface area contributed by atoms with Crippen molar-refractivity contribution in [1.82, 2.24) is 0 Å². The Bertz CT molecular complexity index is 237. The first-order valence-electron chi connectivity index (χ1n) is 4.88. The van der Waals surface area contributed by atoms with Crippen LogP contribution in [0.4, 0.5) is 4.79 Å². The third-order valence-electron chi connectivity index (χ3n) is 4.04. The highest BCUT2D eigenvalue weighted by Gasteiger charge is 2.54. The van der Waals surface area contributed by atoms with Gasteiger partial charge >= 0.3 is 5.43 Å². The van der Waals surface area contributed by atoms with Gasteiger partial charge in [-0.3, -0.25) is 0 Å². The van der Waals surface area contributed by atoms with Gasteiger partial charge in [-0.2, -0.15) is 0 Å². The summed E-state index contributed by atoms with van der Waals surface area (Å²) in [5.41, 5.74) is -0.301. The molecule has 0 aromatic carbocycles. The monoisotopic (exact) mass is 202 g/mol. The summed E-state index contributed by atoms with van der Waals surface area (Å²) in [6.45, 7) is 4.55. The van der Waals surface area contributed by atoms with Crippen molar-refractivity contribution in [3.63, 3.8) is 0 Å². The second kappa shape index (κ2) is 2.88. The third kappa shape index (κ3) is 1.35. The Kier molecular flexibility index (Phi) is 2.06. The van der Waals surface area contributed by atoms with Crippen molar-refractivity contribution < 1.29 is 9.53 Å². The number of carbonyl (C=O) groups is 1. The van der Waals surface area contributed by atoms with Crippen LogP contribution in [-0.2, 0) is 4.74 Å². The van der Waals surface area contributed by atoms with Gasteiger partial charge in [0, 0.05) is 17.5 Å². The molecule has 0 aliphatic heterocycles. The molecule has 3 unspecified atom stereocenters. The predicted molar refractivity (Wildman–Crippen MR) is 50.7 cm³/mol. The van der Waals surface area contributed by atoms with E-state index in [9.17, 15) is 4.79 Å². The summed E-state index contributed by atoms with van der Waals surface area (Å²) < 4.78 is 5.11. The summed E-state index contributed by atoms with van der Waals surface area (Å²) >= 11 is 5.23. The molecule has 2 aliphatic carbocycles. The minimum absolute atomic E-state index is 0.0822. The quantitative estimate of drug-likeness (QED) is 0.611. The van der Waals surface area contributed by atoms with E-state index in [1.54, 1.807) is 0 Å². The maximum Gasteiger partial charge on any atom is 0.404 e. The van der Waals surface area contributed by atoms with Gasteiger partial charge in [-0.15, -0.1) is 0 Å². The van der Waals surface area contributed by atoms with Crippen molar-refractivity contribution in [1.29, 1.82) is 0 Å². The fraction of sp³-hybridized carbons (Fsp3) is 0.900. The number of hydrogen-bond donors (Lipinski definition) is 0. The zero-order chi connectivity index (χ0) is 9.64. The van der Waals surface area contributed by atoms with Gasteiger partial charge in [-0.1, -0.05) is 13.8 Å². The number of ether oxygens (including phenoxy) is 1. The SMILES string of the molecule is CC1(C)C2CCC1C(OC(=O)Cl)C2. The van der Waals surface area contributed by atoms with Gasteiger partial charge in [0.2, 0.25) is 0 Å². The van der Waals surface area contributed by atoms with Gasteiger partial charge in [-0.25, -0.2) is 4.79 Å². The van der Waals surface area contributed by atoms with E-state index in [-0.39, 0.29) is 6.10 Å². The largest absolute Gasteiger partial charge is 0.450 e. The third-order valence-corrected chi connectivity index (χ3v) is 4.13. The first-order valence-corrected chi connectivity index (χ1v) is 5.25. The Labute approximate surface area is 83.6 Å². The van der Waals surface area contributed by atoms with Gasteiger partial charge in [0.25, 0.3) is 0 Å². The lowest BCUT2D eigenvalue weighted by atomic mass is 9.82. The summed E-state index contributed by atoms with van der Waals surface area (Å²) in [7, 11) is 0. The fourth-order valence-electron chi connectivity index (χ4n) is 3.21. The lowest BCUT2D eigenvalue weighted by Gasteiger charge is -2.25. The molecule has 0 heterocycles. The summed E-state index contributed by atoms with van der Waals surface area (Å²) in [4.78, 5) is 10.6. The molecule has 2 bridgehead atoms. The van der Waals surface area contributed by atoms with Gasteiger partial charge < -0.3 is 4.74 Å². The first-order chi connectivity index (χ1) is 6.01. The van der Waals surface area contributed by atoms with E-state index >= 15 is 0 Å². The van der Waals surface area contributed by atoms with Crippen LogP contribution in [0.5, 0.6) is 0 Å². The van der Waals surface area contributed by atoms with Gasteiger partial charge in [-0.05, 0) is 30.6 Å². The molecule has 2 rings (SSSR count). The zero-order valence-corrected chi connectivity index (χ0v) is 8.80. The number of fused-ring (bicyclic) bond motifs is 2. The van der Waals surface area contributed by atoms with Crippen molar-refractivity contribution in [3.05, 3.63) is 0 Å². The predicted octanol–water partition coefficient (Wildman–Crippen LogP) is 3.19. The Hall–Kier alpha value is -0.240. The van der Waals surface area contributed by atoms with Crippen molar-refractivity contribution >= 4 is 17.0 Å². The molecule has 2 aliphatic rings. The van der Waals surface area contributed by atoms with Crippen molar-refractivity contribution in [3.8, 4) is 0 Å². The second-order valence-electron chi connectivity index (χ2n) is 4.83. The minimum atomic E-state index is -0.645. The van der Waals surface area contributed by atoms with Crippen molar-refractivity contribution in [2.75, 3.05) is 0 Å². The number of rotatable bonds is 1. The van der Waals surface area contributed by atoms with E-state index in [1.807, 2.05) is 0 Å². The van der Waals surface area contributed by atoms with E-state index in [4.69, 9.17) is 16.3 Å². The van der Waals surface area contributed by atoms with Crippen LogP contribution < -0.4 is 0 Å². The Morgan fingerprint density at radius 3 is 2.54 bits per heavy atom. The van der Waals surface area contributed by atoms with E-state index in [1.165, 1.54) is 12.8 Å². The highest BCUT2D eigenvalue weighted by atomic mass is 35.5. The van der Waals surface area contributed by atoms with Crippen LogP contribution in [0.2, 0.25) is 0 Å². The molecule has 2 saturated carbocycles. The molecule has 0 amide bonds. The summed E-state index contributed by atoms with van der Waals surface area (Å²) in [5.74, 6) is 1.25. The first kappa shape index (κ1) is 9.32. The number of carbonyl (C=O) groups excluding carboxylic acids is 1. The molecule has 3 atom stereocenters. The lowest BCUT2D eigenvalue weighted by molar-refractivity contribution is 0.0718. The molecule has 2 fully saturated rings. The average Bonchev–Trinajstić information content (AvgIpc) is 2.38. The maximum atomic E-state index is 10.6. The van der Waals surface area contributed by atoms with Gasteiger partial charge in [0.1, 0.15) is 6.10 Å². The molecule has 3 heteroatoms. The van der Waals surface area contributed by atoms with E-state index < -0.39 is 5.43 Å². The van der Waals surface area contributed by atoms with Crippen LogP contribution in [0.15, 0.2) is 0 Å². The maximum absolute atomic E-state index is 10.6. The normalized spacial score (nSPS) is 40.7. The fourth-order valence-corrected chi connectivity index (χ4v) is 3.32. The zero-order valence-electron chi connectivity index (χ0n) is 8.05. The van der Waals surface area contributed by atoms with Crippen LogP contribution in [0.3, 0.4) is 0 Å². The molecule has 0 aromatic heterocycles. The van der Waals surface area contributed by atoms with Crippen LogP contribution in [0, 0.1) is 17.3 Å². The molecule has 0 spiro atoms. The van der Waals surface area contributed by atoms with E-state index in [2.05, 4.69) is 13.8 Å². The standard InChI is InChI=1S/C10H15ClO2/c1-10(2)6-3-4-7(10)8(5-6)13-9(11)12/h6-8H,3-5H2,1-2H3. The average molecular weight is 203 g/mol. The van der Waals surface area contributed by atoms with Crippen molar-refractivity contribution in [2.45, 2.75) is 39.2 Å². The number of halogens is 1. The highest BCUT2D eigenvalue weighted by Crippen LogP contribution is 2.58. The second-order valence-corrected chi connectivity index (χ2v) is 5.14. The molecular weight excluding hydrogens is 188 g/mol. The Morgan fingerprint density at radius 1 is 1.46 bits per heavy atom. The minimum Gasteiger partial charge on any atom is -0.450 e. The molecule has 13 heavy (non-hydrogen) atoms. The van der Waals surface area contributed by atoms with Crippen LogP contribution >= 0.6 is 11.6 Å². The molecule has 74 valence electrons. The van der Waals surface area contributed by atoms with Gasteiger partial charge in [0.15, 0.2) is 0 Å². The summed E-state index contributed by atoms with van der Waals surface area (Å²) in [6.07, 6.45) is 3.56. The lowest BCUT2D eigenvalue weighted by Crippen LogP contribution is -2.25. The van der Waals surface area contributed by atoms with Crippen molar-refractivity contribution in [2.24, 2.45) is 17.3 Å².